The van der Waals surface area contributed by atoms with Crippen molar-refractivity contribution in [3.8, 4) is 0 Å². The molecule has 0 aliphatic carbocycles. The van der Waals surface area contributed by atoms with Crippen molar-refractivity contribution < 1.29 is 4.74 Å². The Kier molecular flexibility index (Phi) is 5.42. The monoisotopic (exact) mass is 329 g/mol. The zero-order valence-electron chi connectivity index (χ0n) is 11.9. The molecule has 0 radical (unpaired) electrons. The normalized spacial score (nSPS) is 20.9. The lowest BCUT2D eigenvalue weighted by atomic mass is 10.0. The molecule has 19 heavy (non-hydrogen) atoms. The maximum atomic E-state index is 6.27. The van der Waals surface area contributed by atoms with Gasteiger partial charge in [0, 0.05) is 25.6 Å². The molecule has 5 heteroatoms. The number of aromatic nitrogens is 2. The zero-order chi connectivity index (χ0) is 13.8. The van der Waals surface area contributed by atoms with E-state index in [0.717, 1.165) is 42.6 Å². The van der Waals surface area contributed by atoms with E-state index in [2.05, 4.69) is 28.0 Å². The molecule has 1 aromatic heterocycles. The average molecular weight is 330 g/mol. The van der Waals surface area contributed by atoms with Crippen molar-refractivity contribution >= 4 is 15.9 Å². The van der Waals surface area contributed by atoms with Gasteiger partial charge in [-0.25, -0.2) is 0 Å². The molecule has 1 aliphatic rings. The number of rotatable bonds is 6. The summed E-state index contributed by atoms with van der Waals surface area (Å²) in [4.78, 5) is 0. The Morgan fingerprint density at radius 1 is 1.58 bits per heavy atom. The fourth-order valence-electron chi connectivity index (χ4n) is 2.69. The van der Waals surface area contributed by atoms with Crippen molar-refractivity contribution in [1.82, 2.24) is 9.78 Å². The molecule has 0 aromatic carbocycles. The molecule has 2 N–H and O–H groups in total. The molecule has 4 nitrogen and oxygen atoms in total. The standard InChI is InChI=1S/C14H24BrN3O/c1-3-18-13(14(15)10(2)17-18)9-11(16)6-7-12-5-4-8-19-12/h11-12H,3-9,16H2,1-2H3. The smallest absolute Gasteiger partial charge is 0.0738 e. The lowest BCUT2D eigenvalue weighted by Gasteiger charge is -2.15. The van der Waals surface area contributed by atoms with Gasteiger partial charge in [-0.3, -0.25) is 4.68 Å². The highest BCUT2D eigenvalue weighted by atomic mass is 79.9. The highest BCUT2D eigenvalue weighted by Crippen LogP contribution is 2.24. The van der Waals surface area contributed by atoms with Crippen LogP contribution in [-0.4, -0.2) is 28.5 Å². The summed E-state index contributed by atoms with van der Waals surface area (Å²) in [7, 11) is 0. The van der Waals surface area contributed by atoms with Gasteiger partial charge in [-0.2, -0.15) is 5.10 Å². The van der Waals surface area contributed by atoms with Crippen molar-refractivity contribution in [3.05, 3.63) is 15.9 Å². The minimum Gasteiger partial charge on any atom is -0.378 e. The molecule has 1 fully saturated rings. The lowest BCUT2D eigenvalue weighted by Crippen LogP contribution is -2.26. The quantitative estimate of drug-likeness (QED) is 0.873. The van der Waals surface area contributed by atoms with E-state index in [4.69, 9.17) is 10.5 Å². The Morgan fingerprint density at radius 2 is 2.37 bits per heavy atom. The first-order valence-electron chi connectivity index (χ1n) is 7.20. The average Bonchev–Trinajstić information content (AvgIpc) is 3.00. The van der Waals surface area contributed by atoms with Crippen LogP contribution in [0.1, 0.15) is 44.0 Å². The first kappa shape index (κ1) is 15.0. The number of hydrogen-bond acceptors (Lipinski definition) is 3. The summed E-state index contributed by atoms with van der Waals surface area (Å²) in [5.74, 6) is 0. The third-order valence-electron chi connectivity index (χ3n) is 3.79. The van der Waals surface area contributed by atoms with Gasteiger partial charge in [-0.05, 0) is 55.5 Å². The number of ether oxygens (including phenoxy) is 1. The van der Waals surface area contributed by atoms with E-state index < -0.39 is 0 Å². The Morgan fingerprint density at radius 3 is 3.00 bits per heavy atom. The molecule has 0 amide bonds. The van der Waals surface area contributed by atoms with E-state index in [1.54, 1.807) is 0 Å². The van der Waals surface area contributed by atoms with E-state index in [-0.39, 0.29) is 6.04 Å². The van der Waals surface area contributed by atoms with Crippen LogP contribution in [0.4, 0.5) is 0 Å². The van der Waals surface area contributed by atoms with E-state index in [1.807, 2.05) is 11.6 Å². The van der Waals surface area contributed by atoms with Gasteiger partial charge in [-0.1, -0.05) is 0 Å². The molecule has 1 aromatic rings. The summed E-state index contributed by atoms with van der Waals surface area (Å²) in [6.07, 6.45) is 5.81. The van der Waals surface area contributed by atoms with Crippen molar-refractivity contribution in [2.75, 3.05) is 6.61 Å². The SMILES string of the molecule is CCn1nc(C)c(Br)c1CC(N)CCC1CCCO1. The molecular formula is C14H24BrN3O. The molecule has 0 bridgehead atoms. The van der Waals surface area contributed by atoms with Crippen molar-refractivity contribution in [1.29, 1.82) is 0 Å². The molecule has 108 valence electrons. The third kappa shape index (κ3) is 3.80. The number of halogens is 1. The maximum absolute atomic E-state index is 6.27. The van der Waals surface area contributed by atoms with Crippen LogP contribution in [0, 0.1) is 6.92 Å². The number of nitrogens with zero attached hydrogens (tertiary/aromatic N) is 2. The van der Waals surface area contributed by atoms with Crippen LogP contribution in [0.15, 0.2) is 4.47 Å². The van der Waals surface area contributed by atoms with Gasteiger partial charge in [-0.15, -0.1) is 0 Å². The fraction of sp³-hybridized carbons (Fsp3) is 0.786. The van der Waals surface area contributed by atoms with Gasteiger partial charge < -0.3 is 10.5 Å². The lowest BCUT2D eigenvalue weighted by molar-refractivity contribution is 0.101. The van der Waals surface area contributed by atoms with E-state index >= 15 is 0 Å². The fourth-order valence-corrected chi connectivity index (χ4v) is 3.13. The van der Waals surface area contributed by atoms with E-state index in [1.165, 1.54) is 18.5 Å². The maximum Gasteiger partial charge on any atom is 0.0738 e. The highest BCUT2D eigenvalue weighted by molar-refractivity contribution is 9.10. The van der Waals surface area contributed by atoms with E-state index in [9.17, 15) is 0 Å². The molecule has 1 aliphatic heterocycles. The van der Waals surface area contributed by atoms with Crippen LogP contribution in [0.25, 0.3) is 0 Å². The van der Waals surface area contributed by atoms with Gasteiger partial charge in [0.15, 0.2) is 0 Å². The second kappa shape index (κ2) is 6.86. The van der Waals surface area contributed by atoms with Crippen LogP contribution in [0.3, 0.4) is 0 Å². The van der Waals surface area contributed by atoms with Crippen LogP contribution >= 0.6 is 15.9 Å². The Hall–Kier alpha value is -0.390. The molecule has 2 rings (SSSR count). The van der Waals surface area contributed by atoms with Gasteiger partial charge in [0.25, 0.3) is 0 Å². The van der Waals surface area contributed by atoms with Crippen LogP contribution in [-0.2, 0) is 17.7 Å². The first-order chi connectivity index (χ1) is 9.11. The van der Waals surface area contributed by atoms with Gasteiger partial charge >= 0.3 is 0 Å². The second-order valence-electron chi connectivity index (χ2n) is 5.34. The van der Waals surface area contributed by atoms with Gasteiger partial charge in [0.2, 0.25) is 0 Å². The first-order valence-corrected chi connectivity index (χ1v) is 8.00. The molecule has 2 unspecified atom stereocenters. The Balaban J connectivity index is 1.88. The van der Waals surface area contributed by atoms with Crippen molar-refractivity contribution in [3.63, 3.8) is 0 Å². The molecule has 0 saturated carbocycles. The highest BCUT2D eigenvalue weighted by Gasteiger charge is 2.19. The number of hydrogen-bond donors (Lipinski definition) is 1. The molecule has 0 spiro atoms. The number of aryl methyl sites for hydroxylation is 2. The van der Waals surface area contributed by atoms with Crippen LogP contribution < -0.4 is 5.73 Å². The molecular weight excluding hydrogens is 306 g/mol. The third-order valence-corrected chi connectivity index (χ3v) is 4.82. The molecule has 2 heterocycles. The second-order valence-corrected chi connectivity index (χ2v) is 6.13. The van der Waals surface area contributed by atoms with Crippen LogP contribution in [0.5, 0.6) is 0 Å². The van der Waals surface area contributed by atoms with Crippen molar-refractivity contribution in [2.24, 2.45) is 5.73 Å². The number of nitrogens with two attached hydrogens (primary N) is 1. The minimum absolute atomic E-state index is 0.182. The predicted octanol–water partition coefficient (Wildman–Crippen LogP) is 2.80. The summed E-state index contributed by atoms with van der Waals surface area (Å²) in [5.41, 5.74) is 8.53. The van der Waals surface area contributed by atoms with Gasteiger partial charge in [0.1, 0.15) is 0 Å². The Bertz CT molecular complexity index is 413. The minimum atomic E-state index is 0.182. The summed E-state index contributed by atoms with van der Waals surface area (Å²) < 4.78 is 8.80. The summed E-state index contributed by atoms with van der Waals surface area (Å²) in [6, 6.07) is 0.182. The molecule has 2 atom stereocenters. The van der Waals surface area contributed by atoms with Crippen molar-refractivity contribution in [2.45, 2.75) is 64.6 Å². The molecule has 1 saturated heterocycles. The summed E-state index contributed by atoms with van der Waals surface area (Å²) in [5, 5.41) is 4.51. The largest absolute Gasteiger partial charge is 0.378 e. The predicted molar refractivity (Wildman–Crippen MR) is 80.2 cm³/mol. The van der Waals surface area contributed by atoms with Crippen LogP contribution in [0.2, 0.25) is 0 Å². The summed E-state index contributed by atoms with van der Waals surface area (Å²) in [6.45, 7) is 5.95. The van der Waals surface area contributed by atoms with Gasteiger partial charge in [0.05, 0.1) is 22.0 Å². The zero-order valence-corrected chi connectivity index (χ0v) is 13.4. The van der Waals surface area contributed by atoms with E-state index in [0.29, 0.717) is 6.10 Å². The topological polar surface area (TPSA) is 53.1 Å². The Labute approximate surface area is 123 Å². The summed E-state index contributed by atoms with van der Waals surface area (Å²) >= 11 is 3.62.